The molecule has 1 atom stereocenters. The summed E-state index contributed by atoms with van der Waals surface area (Å²) in [5.41, 5.74) is 3.66. The first-order chi connectivity index (χ1) is 11.1. The highest BCUT2D eigenvalue weighted by molar-refractivity contribution is 5.97. The fraction of sp³-hybridized carbons (Fsp3) is 0.222. The molecule has 1 aliphatic rings. The van der Waals surface area contributed by atoms with Gasteiger partial charge in [-0.2, -0.15) is 0 Å². The van der Waals surface area contributed by atoms with Gasteiger partial charge in [-0.25, -0.2) is 9.78 Å². The number of fused-ring (bicyclic) bond motifs is 3. The number of carboxylic acids is 1. The minimum absolute atomic E-state index is 0.0640. The number of rotatable bonds is 2. The number of carbonyl (C=O) groups is 1. The van der Waals surface area contributed by atoms with Crippen molar-refractivity contribution in [2.75, 3.05) is 0 Å². The van der Waals surface area contributed by atoms with Crippen molar-refractivity contribution in [2.45, 2.75) is 18.9 Å². The number of aromatic nitrogens is 2. The molecule has 1 unspecified atom stereocenters. The Balaban J connectivity index is 1.89. The molecule has 1 aromatic heterocycles. The van der Waals surface area contributed by atoms with Crippen LogP contribution in [-0.2, 0) is 13.5 Å². The molecule has 0 fully saturated rings. The number of hydrogen-bond acceptors (Lipinski definition) is 3. The Labute approximate surface area is 133 Å². The Kier molecular flexibility index (Phi) is 3.08. The van der Waals surface area contributed by atoms with E-state index in [2.05, 4.69) is 4.98 Å². The van der Waals surface area contributed by atoms with Gasteiger partial charge >= 0.3 is 5.97 Å². The van der Waals surface area contributed by atoms with Crippen LogP contribution in [0.2, 0.25) is 0 Å². The number of benzene rings is 2. The van der Waals surface area contributed by atoms with Crippen molar-refractivity contribution in [3.8, 4) is 5.75 Å². The molecule has 3 aromatic rings. The number of hydrogen-bond donors (Lipinski definition) is 1. The zero-order valence-electron chi connectivity index (χ0n) is 12.7. The maximum absolute atomic E-state index is 11.6. The summed E-state index contributed by atoms with van der Waals surface area (Å²) < 4.78 is 8.12. The third-order valence-corrected chi connectivity index (χ3v) is 4.38. The molecule has 5 nitrogen and oxygen atoms in total. The molecule has 23 heavy (non-hydrogen) atoms. The van der Waals surface area contributed by atoms with Crippen molar-refractivity contribution in [1.82, 2.24) is 9.55 Å². The minimum Gasteiger partial charge on any atom is -0.483 e. The van der Waals surface area contributed by atoms with Crippen LogP contribution in [-0.4, -0.2) is 20.6 Å². The summed E-state index contributed by atoms with van der Waals surface area (Å²) in [6.07, 6.45) is 3.07. The van der Waals surface area contributed by atoms with Crippen LogP contribution in [0.25, 0.3) is 11.0 Å². The first kappa shape index (κ1) is 13.8. The summed E-state index contributed by atoms with van der Waals surface area (Å²) in [6, 6.07) is 11.7. The molecule has 116 valence electrons. The van der Waals surface area contributed by atoms with E-state index in [4.69, 9.17) is 4.74 Å². The lowest BCUT2D eigenvalue weighted by Crippen LogP contribution is -2.18. The number of aromatic carboxylic acids is 1. The standard InChI is InChI=1S/C18H16N2O3/c1-20-10-19-14-9-13(18(21)22)12-7-8-15(23-17(12)16(14)20)11-5-3-2-4-6-11/h2-6,9-10,15H,7-8H2,1H3,(H,21,22). The Morgan fingerprint density at radius 1 is 1.35 bits per heavy atom. The maximum atomic E-state index is 11.6. The third-order valence-electron chi connectivity index (χ3n) is 4.38. The van der Waals surface area contributed by atoms with E-state index in [1.165, 1.54) is 0 Å². The van der Waals surface area contributed by atoms with Crippen LogP contribution in [0.15, 0.2) is 42.7 Å². The van der Waals surface area contributed by atoms with Gasteiger partial charge in [-0.1, -0.05) is 30.3 Å². The Morgan fingerprint density at radius 3 is 2.87 bits per heavy atom. The zero-order chi connectivity index (χ0) is 16.0. The van der Waals surface area contributed by atoms with Crippen LogP contribution < -0.4 is 4.74 Å². The van der Waals surface area contributed by atoms with Crippen molar-refractivity contribution in [2.24, 2.45) is 7.05 Å². The molecule has 0 saturated carbocycles. The lowest BCUT2D eigenvalue weighted by molar-refractivity contribution is 0.0693. The van der Waals surface area contributed by atoms with Gasteiger partial charge in [-0.05, 0) is 24.5 Å². The SMILES string of the molecule is Cn1cnc2cc(C(=O)O)c3c(c21)OC(c1ccccc1)CC3. The lowest BCUT2D eigenvalue weighted by atomic mass is 9.93. The molecule has 0 aliphatic carbocycles. The number of imidazole rings is 1. The fourth-order valence-electron chi connectivity index (χ4n) is 3.26. The molecular weight excluding hydrogens is 292 g/mol. The Bertz CT molecular complexity index is 900. The van der Waals surface area contributed by atoms with E-state index in [1.54, 1.807) is 12.4 Å². The highest BCUT2D eigenvalue weighted by atomic mass is 16.5. The average molecular weight is 308 g/mol. The van der Waals surface area contributed by atoms with Crippen LogP contribution in [0.5, 0.6) is 5.75 Å². The number of ether oxygens (including phenoxy) is 1. The van der Waals surface area contributed by atoms with Gasteiger partial charge in [0, 0.05) is 12.6 Å². The topological polar surface area (TPSA) is 64.4 Å². The Morgan fingerprint density at radius 2 is 2.13 bits per heavy atom. The molecule has 1 N–H and O–H groups in total. The van der Waals surface area contributed by atoms with Gasteiger partial charge in [0.1, 0.15) is 17.4 Å². The zero-order valence-corrected chi connectivity index (χ0v) is 12.7. The second kappa shape index (κ2) is 5.12. The van der Waals surface area contributed by atoms with E-state index in [0.29, 0.717) is 17.7 Å². The number of aryl methyl sites for hydroxylation is 1. The Hall–Kier alpha value is -2.82. The molecule has 0 radical (unpaired) electrons. The largest absolute Gasteiger partial charge is 0.483 e. The fourth-order valence-corrected chi connectivity index (χ4v) is 3.26. The molecule has 0 spiro atoms. The van der Waals surface area contributed by atoms with E-state index in [-0.39, 0.29) is 11.7 Å². The molecule has 1 aliphatic heterocycles. The second-order valence-corrected chi connectivity index (χ2v) is 5.82. The predicted molar refractivity (Wildman–Crippen MR) is 85.8 cm³/mol. The van der Waals surface area contributed by atoms with Crippen LogP contribution in [0, 0.1) is 0 Å². The first-order valence-corrected chi connectivity index (χ1v) is 7.57. The molecule has 0 saturated heterocycles. The maximum Gasteiger partial charge on any atom is 0.336 e. The van der Waals surface area contributed by atoms with Crippen LogP contribution in [0.4, 0.5) is 0 Å². The quantitative estimate of drug-likeness (QED) is 0.788. The van der Waals surface area contributed by atoms with Crippen molar-refractivity contribution < 1.29 is 14.6 Å². The molecular formula is C18H16N2O3. The molecule has 0 amide bonds. The smallest absolute Gasteiger partial charge is 0.336 e. The van der Waals surface area contributed by atoms with Gasteiger partial charge in [0.25, 0.3) is 0 Å². The number of carboxylic acid groups (broad SMARTS) is 1. The minimum atomic E-state index is -0.935. The molecule has 2 aromatic carbocycles. The van der Waals surface area contributed by atoms with Crippen LogP contribution in [0.3, 0.4) is 0 Å². The highest BCUT2D eigenvalue weighted by Crippen LogP contribution is 2.41. The summed E-state index contributed by atoms with van der Waals surface area (Å²) in [6.45, 7) is 0. The summed E-state index contributed by atoms with van der Waals surface area (Å²) >= 11 is 0. The molecule has 0 bridgehead atoms. The van der Waals surface area contributed by atoms with E-state index >= 15 is 0 Å². The van der Waals surface area contributed by atoms with Crippen molar-refractivity contribution in [1.29, 1.82) is 0 Å². The normalized spacial score (nSPS) is 16.8. The monoisotopic (exact) mass is 308 g/mol. The van der Waals surface area contributed by atoms with E-state index in [9.17, 15) is 9.90 Å². The second-order valence-electron chi connectivity index (χ2n) is 5.82. The highest BCUT2D eigenvalue weighted by Gasteiger charge is 2.28. The summed E-state index contributed by atoms with van der Waals surface area (Å²) in [5.74, 6) is -0.282. The van der Waals surface area contributed by atoms with E-state index in [0.717, 1.165) is 23.1 Å². The van der Waals surface area contributed by atoms with E-state index < -0.39 is 5.97 Å². The molecule has 5 heteroatoms. The summed E-state index contributed by atoms with van der Waals surface area (Å²) in [5, 5.41) is 9.50. The predicted octanol–water partition coefficient (Wildman–Crippen LogP) is 3.34. The van der Waals surface area contributed by atoms with Gasteiger partial charge in [0.05, 0.1) is 17.4 Å². The third kappa shape index (κ3) is 2.16. The average Bonchev–Trinajstić information content (AvgIpc) is 2.95. The van der Waals surface area contributed by atoms with Crippen molar-refractivity contribution >= 4 is 17.0 Å². The van der Waals surface area contributed by atoms with Crippen LogP contribution in [0.1, 0.15) is 34.0 Å². The lowest BCUT2D eigenvalue weighted by Gasteiger charge is -2.28. The van der Waals surface area contributed by atoms with Crippen molar-refractivity contribution in [3.63, 3.8) is 0 Å². The van der Waals surface area contributed by atoms with Crippen LogP contribution >= 0.6 is 0 Å². The van der Waals surface area contributed by atoms with E-state index in [1.807, 2.05) is 41.9 Å². The summed E-state index contributed by atoms with van der Waals surface area (Å²) in [4.78, 5) is 15.9. The van der Waals surface area contributed by atoms with Gasteiger partial charge in [-0.15, -0.1) is 0 Å². The van der Waals surface area contributed by atoms with Gasteiger partial charge < -0.3 is 14.4 Å². The van der Waals surface area contributed by atoms with Gasteiger partial charge in [0.2, 0.25) is 0 Å². The van der Waals surface area contributed by atoms with Gasteiger partial charge in [0.15, 0.2) is 0 Å². The number of nitrogens with zero attached hydrogens (tertiary/aromatic N) is 2. The molecule has 2 heterocycles. The molecule has 4 rings (SSSR count). The van der Waals surface area contributed by atoms with Gasteiger partial charge in [-0.3, -0.25) is 0 Å². The van der Waals surface area contributed by atoms with Crippen molar-refractivity contribution in [3.05, 3.63) is 59.4 Å². The summed E-state index contributed by atoms with van der Waals surface area (Å²) in [7, 11) is 1.89. The first-order valence-electron chi connectivity index (χ1n) is 7.57.